The average Bonchev–Trinajstić information content (AvgIpc) is 3.07. The number of aryl methyl sites for hydroxylation is 1. The quantitative estimate of drug-likeness (QED) is 0.410. The summed E-state index contributed by atoms with van der Waals surface area (Å²) >= 11 is 1.38. The minimum Gasteiger partial charge on any atom is -0.490 e. The number of hydrogen-bond acceptors (Lipinski definition) is 6. The van der Waals surface area contributed by atoms with E-state index in [9.17, 15) is 14.9 Å². The van der Waals surface area contributed by atoms with Gasteiger partial charge < -0.3 is 10.1 Å². The van der Waals surface area contributed by atoms with Crippen LogP contribution in [0.3, 0.4) is 0 Å². The van der Waals surface area contributed by atoms with Crippen molar-refractivity contribution in [3.8, 4) is 5.75 Å². The molecule has 0 saturated carbocycles. The van der Waals surface area contributed by atoms with Crippen LogP contribution in [0.2, 0.25) is 0 Å². The zero-order valence-corrected chi connectivity index (χ0v) is 17.5. The molecule has 3 rings (SSSR count). The fourth-order valence-electron chi connectivity index (χ4n) is 2.93. The lowest BCUT2D eigenvalue weighted by molar-refractivity contribution is -0.385. The Bertz CT molecular complexity index is 1040. The van der Waals surface area contributed by atoms with Gasteiger partial charge in [-0.05, 0) is 24.1 Å². The highest BCUT2D eigenvalue weighted by atomic mass is 32.2. The van der Waals surface area contributed by atoms with Gasteiger partial charge in [-0.3, -0.25) is 14.9 Å². The van der Waals surface area contributed by atoms with E-state index in [1.807, 2.05) is 43.3 Å². The lowest BCUT2D eigenvalue weighted by Crippen LogP contribution is -2.18. The van der Waals surface area contributed by atoms with Crippen LogP contribution in [0.4, 0.5) is 11.5 Å². The van der Waals surface area contributed by atoms with Gasteiger partial charge in [-0.1, -0.05) is 36.4 Å². The second-order valence-corrected chi connectivity index (χ2v) is 7.60. The SMILES string of the molecule is COc1ccc(CSCC(=O)Nc2cc(C)nn2Cc2ccccc2)cc1[N+](=O)[O-]. The van der Waals surface area contributed by atoms with E-state index in [0.29, 0.717) is 18.1 Å². The van der Waals surface area contributed by atoms with Gasteiger partial charge in [0, 0.05) is 17.9 Å². The molecule has 0 aliphatic heterocycles. The maximum Gasteiger partial charge on any atom is 0.311 e. The van der Waals surface area contributed by atoms with Gasteiger partial charge in [-0.2, -0.15) is 5.10 Å². The first-order valence-electron chi connectivity index (χ1n) is 9.23. The standard InChI is InChI=1S/C21H22N4O4S/c1-15-10-20(24(23-15)12-16-6-4-3-5-7-16)22-21(26)14-30-13-17-8-9-19(29-2)18(11-17)25(27)28/h3-11H,12-14H2,1-2H3,(H,22,26). The molecule has 0 unspecified atom stereocenters. The van der Waals surface area contributed by atoms with Crippen LogP contribution in [0.5, 0.6) is 5.75 Å². The van der Waals surface area contributed by atoms with Gasteiger partial charge >= 0.3 is 5.69 Å². The number of thioether (sulfide) groups is 1. The third-order valence-electron chi connectivity index (χ3n) is 4.29. The molecule has 0 fully saturated rings. The third kappa shape index (κ3) is 5.60. The van der Waals surface area contributed by atoms with Crippen molar-refractivity contribution in [1.82, 2.24) is 9.78 Å². The molecule has 1 heterocycles. The molecule has 0 spiro atoms. The van der Waals surface area contributed by atoms with Crippen molar-refractivity contribution in [1.29, 1.82) is 0 Å². The highest BCUT2D eigenvalue weighted by Gasteiger charge is 2.15. The molecular formula is C21H22N4O4S. The normalized spacial score (nSPS) is 10.6. The zero-order chi connectivity index (χ0) is 21.5. The van der Waals surface area contributed by atoms with E-state index in [1.165, 1.54) is 24.9 Å². The molecule has 0 saturated heterocycles. The highest BCUT2D eigenvalue weighted by molar-refractivity contribution is 7.99. The number of nitrogens with zero attached hydrogens (tertiary/aromatic N) is 3. The molecule has 8 nitrogen and oxygen atoms in total. The summed E-state index contributed by atoms with van der Waals surface area (Å²) < 4.78 is 6.77. The van der Waals surface area contributed by atoms with Crippen molar-refractivity contribution >= 4 is 29.2 Å². The number of aromatic nitrogens is 2. The molecule has 30 heavy (non-hydrogen) atoms. The maximum atomic E-state index is 12.4. The topological polar surface area (TPSA) is 99.3 Å². The van der Waals surface area contributed by atoms with Crippen LogP contribution in [0.15, 0.2) is 54.6 Å². The predicted molar refractivity (Wildman–Crippen MR) is 117 cm³/mol. The number of rotatable bonds is 9. The number of benzene rings is 2. The van der Waals surface area contributed by atoms with E-state index in [4.69, 9.17) is 4.74 Å². The van der Waals surface area contributed by atoms with Crippen LogP contribution in [-0.2, 0) is 17.1 Å². The Hall–Kier alpha value is -3.33. The lowest BCUT2D eigenvalue weighted by Gasteiger charge is -2.09. The molecule has 0 aliphatic carbocycles. The summed E-state index contributed by atoms with van der Waals surface area (Å²) in [5.74, 6) is 1.39. The van der Waals surface area contributed by atoms with Gasteiger partial charge in [0.1, 0.15) is 5.82 Å². The minimum atomic E-state index is -0.476. The van der Waals surface area contributed by atoms with Crippen molar-refractivity contribution in [2.24, 2.45) is 0 Å². The van der Waals surface area contributed by atoms with Gasteiger partial charge in [0.05, 0.1) is 30.0 Å². The fourth-order valence-corrected chi connectivity index (χ4v) is 3.71. The number of amides is 1. The molecule has 1 N–H and O–H groups in total. The molecule has 9 heteroatoms. The van der Waals surface area contributed by atoms with Crippen LogP contribution in [0, 0.1) is 17.0 Å². The summed E-state index contributed by atoms with van der Waals surface area (Å²) in [6.45, 7) is 2.44. The molecule has 3 aromatic rings. The number of nitrogens with one attached hydrogen (secondary N) is 1. The third-order valence-corrected chi connectivity index (χ3v) is 5.29. The monoisotopic (exact) mass is 426 g/mol. The lowest BCUT2D eigenvalue weighted by atomic mass is 10.2. The van der Waals surface area contributed by atoms with Crippen LogP contribution in [0.25, 0.3) is 0 Å². The van der Waals surface area contributed by atoms with Gasteiger partial charge in [0.15, 0.2) is 5.75 Å². The fraction of sp³-hybridized carbons (Fsp3) is 0.238. The largest absolute Gasteiger partial charge is 0.490 e. The van der Waals surface area contributed by atoms with Crippen molar-refractivity contribution in [3.63, 3.8) is 0 Å². The Morgan fingerprint density at radius 3 is 2.67 bits per heavy atom. The predicted octanol–water partition coefficient (Wildman–Crippen LogP) is 4.03. The van der Waals surface area contributed by atoms with Gasteiger partial charge in [-0.15, -0.1) is 11.8 Å². The number of methoxy groups -OCH3 is 1. The molecule has 0 aliphatic rings. The Kier molecular flexibility index (Phi) is 7.08. The number of hydrogen-bond donors (Lipinski definition) is 1. The number of carbonyl (C=O) groups excluding carboxylic acids is 1. The Morgan fingerprint density at radius 1 is 1.20 bits per heavy atom. The summed E-state index contributed by atoms with van der Waals surface area (Å²) in [5, 5.41) is 18.5. The molecule has 2 aromatic carbocycles. The van der Waals surface area contributed by atoms with Crippen molar-refractivity contribution in [3.05, 3.63) is 81.5 Å². The van der Waals surface area contributed by atoms with E-state index < -0.39 is 4.92 Å². The number of nitro benzene ring substituents is 1. The summed E-state index contributed by atoms with van der Waals surface area (Å²) in [4.78, 5) is 23.0. The summed E-state index contributed by atoms with van der Waals surface area (Å²) in [7, 11) is 1.39. The summed E-state index contributed by atoms with van der Waals surface area (Å²) in [6, 6.07) is 16.5. The first-order valence-corrected chi connectivity index (χ1v) is 10.4. The molecular weight excluding hydrogens is 404 g/mol. The smallest absolute Gasteiger partial charge is 0.311 e. The van der Waals surface area contributed by atoms with E-state index in [2.05, 4.69) is 10.4 Å². The van der Waals surface area contributed by atoms with Crippen molar-refractivity contribution in [2.45, 2.75) is 19.2 Å². The molecule has 0 radical (unpaired) electrons. The van der Waals surface area contributed by atoms with Crippen molar-refractivity contribution < 1.29 is 14.5 Å². The second-order valence-electron chi connectivity index (χ2n) is 6.62. The van der Waals surface area contributed by atoms with E-state index in [1.54, 1.807) is 16.8 Å². The zero-order valence-electron chi connectivity index (χ0n) is 16.7. The molecule has 1 amide bonds. The summed E-state index contributed by atoms with van der Waals surface area (Å²) in [5.41, 5.74) is 2.58. The highest BCUT2D eigenvalue weighted by Crippen LogP contribution is 2.29. The van der Waals surface area contributed by atoms with Crippen LogP contribution >= 0.6 is 11.8 Å². The second kappa shape index (κ2) is 9.93. The van der Waals surface area contributed by atoms with Crippen LogP contribution in [0.1, 0.15) is 16.8 Å². The number of ether oxygens (including phenoxy) is 1. The number of nitro groups is 1. The van der Waals surface area contributed by atoms with Gasteiger partial charge in [0.25, 0.3) is 0 Å². The van der Waals surface area contributed by atoms with E-state index >= 15 is 0 Å². The molecule has 0 bridgehead atoms. The Morgan fingerprint density at radius 2 is 1.97 bits per heavy atom. The van der Waals surface area contributed by atoms with E-state index in [-0.39, 0.29) is 23.1 Å². The summed E-state index contributed by atoms with van der Waals surface area (Å²) in [6.07, 6.45) is 0. The van der Waals surface area contributed by atoms with Gasteiger partial charge in [0.2, 0.25) is 5.91 Å². The minimum absolute atomic E-state index is 0.0830. The van der Waals surface area contributed by atoms with Crippen LogP contribution < -0.4 is 10.1 Å². The van der Waals surface area contributed by atoms with Gasteiger partial charge in [-0.25, -0.2) is 4.68 Å². The van der Waals surface area contributed by atoms with E-state index in [0.717, 1.165) is 16.8 Å². The number of anilines is 1. The number of carbonyl (C=O) groups is 1. The first-order chi connectivity index (χ1) is 14.5. The Balaban J connectivity index is 1.57. The molecule has 156 valence electrons. The van der Waals surface area contributed by atoms with Crippen LogP contribution in [-0.4, -0.2) is 33.5 Å². The maximum absolute atomic E-state index is 12.4. The molecule has 1 aromatic heterocycles. The van der Waals surface area contributed by atoms with Crippen molar-refractivity contribution in [2.75, 3.05) is 18.2 Å². The molecule has 0 atom stereocenters. The average molecular weight is 426 g/mol. The first kappa shape index (κ1) is 21.4. The Labute approximate surface area is 178 Å².